The second kappa shape index (κ2) is 9.77. The number of esters is 1. The zero-order valence-electron chi connectivity index (χ0n) is 19.8. The lowest BCUT2D eigenvalue weighted by molar-refractivity contribution is -0.137. The summed E-state index contributed by atoms with van der Waals surface area (Å²) in [5, 5.41) is 6.67. The van der Waals surface area contributed by atoms with Crippen LogP contribution in [0.1, 0.15) is 44.9 Å². The summed E-state index contributed by atoms with van der Waals surface area (Å²) in [5.41, 5.74) is 1.99. The molecule has 2 N–H and O–H groups in total. The highest BCUT2D eigenvalue weighted by Gasteiger charge is 2.31. The number of fused-ring (bicyclic) bond motifs is 1. The maximum absolute atomic E-state index is 13.5. The third-order valence-electron chi connectivity index (χ3n) is 5.96. The second-order valence-corrected chi connectivity index (χ2v) is 8.31. The quantitative estimate of drug-likeness (QED) is 0.312. The van der Waals surface area contributed by atoms with E-state index < -0.39 is 29.7 Å². The Kier molecular flexibility index (Phi) is 6.74. The van der Waals surface area contributed by atoms with Gasteiger partial charge in [0.25, 0.3) is 5.91 Å². The van der Waals surface area contributed by atoms with Gasteiger partial charge in [-0.3, -0.25) is 4.79 Å². The Labute approximate surface area is 205 Å². The maximum atomic E-state index is 13.5. The number of rotatable bonds is 6. The number of anilines is 2. The van der Waals surface area contributed by atoms with Crippen molar-refractivity contribution in [3.63, 3.8) is 0 Å². The summed E-state index contributed by atoms with van der Waals surface area (Å²) < 4.78 is 46.1. The number of aryl methyl sites for hydroxylation is 1. The number of alkyl halides is 3. The highest BCUT2D eigenvalue weighted by molar-refractivity contribution is 6.09. The van der Waals surface area contributed by atoms with Gasteiger partial charge in [0.15, 0.2) is 0 Å². The molecular weight excluding hydrogens is 471 g/mol. The Morgan fingerprint density at radius 2 is 1.67 bits per heavy atom. The normalized spacial score (nSPS) is 12.3. The Balaban J connectivity index is 1.67. The Morgan fingerprint density at radius 1 is 0.972 bits per heavy atom. The molecule has 0 fully saturated rings. The molecule has 0 saturated heterocycles. The predicted octanol–water partition coefficient (Wildman–Crippen LogP) is 6.22. The van der Waals surface area contributed by atoms with E-state index in [0.29, 0.717) is 16.6 Å². The van der Waals surface area contributed by atoms with E-state index in [9.17, 15) is 22.8 Å². The lowest BCUT2D eigenvalue weighted by atomic mass is 10.1. The first kappa shape index (κ1) is 24.8. The molecule has 0 radical (unpaired) electrons. The van der Waals surface area contributed by atoms with Gasteiger partial charge < -0.3 is 19.9 Å². The molecular formula is C27H24F3N3O3. The van der Waals surface area contributed by atoms with Crippen LogP contribution >= 0.6 is 0 Å². The summed E-state index contributed by atoms with van der Waals surface area (Å²) in [7, 11) is 3.03. The van der Waals surface area contributed by atoms with Gasteiger partial charge in [-0.25, -0.2) is 4.79 Å². The highest BCUT2D eigenvalue weighted by Crippen LogP contribution is 2.35. The van der Waals surface area contributed by atoms with Gasteiger partial charge in [-0.15, -0.1) is 0 Å². The molecule has 1 atom stereocenters. The van der Waals surface area contributed by atoms with E-state index in [4.69, 9.17) is 4.74 Å². The van der Waals surface area contributed by atoms with Crippen LogP contribution in [-0.4, -0.2) is 23.6 Å². The van der Waals surface area contributed by atoms with Crippen molar-refractivity contribution in [2.75, 3.05) is 12.4 Å². The Bertz CT molecular complexity index is 1430. The van der Waals surface area contributed by atoms with Crippen LogP contribution in [0, 0.1) is 0 Å². The van der Waals surface area contributed by atoms with Crippen LogP contribution in [0.2, 0.25) is 0 Å². The molecule has 186 valence electrons. The van der Waals surface area contributed by atoms with Crippen molar-refractivity contribution >= 4 is 34.2 Å². The van der Waals surface area contributed by atoms with Gasteiger partial charge in [-0.1, -0.05) is 36.4 Å². The number of hydrogen-bond acceptors (Lipinski definition) is 4. The third kappa shape index (κ3) is 4.91. The van der Waals surface area contributed by atoms with Crippen molar-refractivity contribution in [2.24, 2.45) is 7.05 Å². The van der Waals surface area contributed by atoms with Crippen LogP contribution in [0.5, 0.6) is 0 Å². The van der Waals surface area contributed by atoms with Crippen LogP contribution in [0.3, 0.4) is 0 Å². The molecule has 0 aliphatic rings. The van der Waals surface area contributed by atoms with Gasteiger partial charge in [-0.2, -0.15) is 13.2 Å². The van der Waals surface area contributed by atoms with Gasteiger partial charge in [-0.05, 0) is 48.9 Å². The predicted molar refractivity (Wildman–Crippen MR) is 131 cm³/mol. The molecule has 9 heteroatoms. The van der Waals surface area contributed by atoms with Crippen LogP contribution < -0.4 is 10.6 Å². The third-order valence-corrected chi connectivity index (χ3v) is 5.96. The topological polar surface area (TPSA) is 72.4 Å². The van der Waals surface area contributed by atoms with Crippen LogP contribution in [0.4, 0.5) is 24.5 Å². The minimum Gasteiger partial charge on any atom is -0.465 e. The average molecular weight is 496 g/mol. The fraction of sp³-hybridized carbons (Fsp3) is 0.185. The lowest BCUT2D eigenvalue weighted by Crippen LogP contribution is -2.29. The number of carbonyl (C=O) groups is 2. The van der Waals surface area contributed by atoms with Gasteiger partial charge in [0, 0.05) is 18.1 Å². The summed E-state index contributed by atoms with van der Waals surface area (Å²) >= 11 is 0. The van der Waals surface area contributed by atoms with Gasteiger partial charge in [0.1, 0.15) is 5.69 Å². The number of methoxy groups -OCH3 is 1. The molecule has 1 aromatic heterocycles. The van der Waals surface area contributed by atoms with Crippen molar-refractivity contribution in [1.29, 1.82) is 0 Å². The molecule has 36 heavy (non-hydrogen) atoms. The standard InChI is InChI=1S/C27H24F3N3O3/c1-16(17-11-13-18(14-12-17)26(35)36-3)31-25(34)24-23(21-9-4-5-10-22(21)33(24)2)32-20-8-6-7-19(15-20)27(28,29)30/h4-16,32H,1-3H3,(H,31,34)/t16-/m1/s1. The van der Waals surface area contributed by atoms with Crippen molar-refractivity contribution < 1.29 is 27.5 Å². The van der Waals surface area contributed by atoms with Crippen molar-refractivity contribution in [3.8, 4) is 0 Å². The van der Waals surface area contributed by atoms with E-state index in [1.54, 1.807) is 54.9 Å². The zero-order chi connectivity index (χ0) is 26.0. The number of nitrogens with one attached hydrogen (secondary N) is 2. The SMILES string of the molecule is COC(=O)c1ccc([C@@H](C)NC(=O)c2c(Nc3cccc(C(F)(F)F)c3)c3ccccc3n2C)cc1. The number of para-hydroxylation sites is 1. The number of amides is 1. The van der Waals surface area contributed by atoms with E-state index in [-0.39, 0.29) is 11.4 Å². The summed E-state index contributed by atoms with van der Waals surface area (Å²) in [4.78, 5) is 25.1. The van der Waals surface area contributed by atoms with Crippen molar-refractivity contribution in [1.82, 2.24) is 9.88 Å². The summed E-state index contributed by atoms with van der Waals surface area (Å²) in [6, 6.07) is 18.4. The van der Waals surface area contributed by atoms with E-state index in [2.05, 4.69) is 10.6 Å². The molecule has 0 aliphatic carbocycles. The van der Waals surface area contributed by atoms with Crippen molar-refractivity contribution in [3.05, 3.63) is 95.2 Å². The molecule has 4 aromatic rings. The second-order valence-electron chi connectivity index (χ2n) is 8.31. The number of benzene rings is 3. The smallest absolute Gasteiger partial charge is 0.416 e. The van der Waals surface area contributed by atoms with Crippen molar-refractivity contribution in [2.45, 2.75) is 19.1 Å². The Morgan fingerprint density at radius 3 is 2.33 bits per heavy atom. The summed E-state index contributed by atoms with van der Waals surface area (Å²) in [6.45, 7) is 1.80. The fourth-order valence-electron chi connectivity index (χ4n) is 4.08. The van der Waals surface area contributed by atoms with Crippen LogP contribution in [0.25, 0.3) is 10.9 Å². The van der Waals surface area contributed by atoms with E-state index in [1.165, 1.54) is 19.2 Å². The number of hydrogen-bond donors (Lipinski definition) is 2. The highest BCUT2D eigenvalue weighted by atomic mass is 19.4. The van der Waals surface area contributed by atoms with Crippen LogP contribution in [0.15, 0.2) is 72.8 Å². The molecule has 3 aromatic carbocycles. The van der Waals surface area contributed by atoms with E-state index >= 15 is 0 Å². The molecule has 0 unspecified atom stereocenters. The minimum absolute atomic E-state index is 0.210. The molecule has 0 saturated carbocycles. The average Bonchev–Trinajstić information content (AvgIpc) is 3.14. The number of carbonyl (C=O) groups excluding carboxylic acids is 2. The van der Waals surface area contributed by atoms with Crippen LogP contribution in [-0.2, 0) is 18.0 Å². The number of aromatic nitrogens is 1. The maximum Gasteiger partial charge on any atom is 0.416 e. The number of ether oxygens (including phenoxy) is 1. The Hall–Kier alpha value is -4.27. The molecule has 1 heterocycles. The first-order valence-electron chi connectivity index (χ1n) is 11.1. The monoisotopic (exact) mass is 495 g/mol. The van der Waals surface area contributed by atoms with Gasteiger partial charge >= 0.3 is 12.1 Å². The molecule has 4 rings (SSSR count). The lowest BCUT2D eigenvalue weighted by Gasteiger charge is -2.17. The van der Waals surface area contributed by atoms with Gasteiger partial charge in [0.2, 0.25) is 0 Å². The molecule has 0 spiro atoms. The fourth-order valence-corrected chi connectivity index (χ4v) is 4.08. The molecule has 0 bridgehead atoms. The first-order valence-corrected chi connectivity index (χ1v) is 11.1. The molecule has 6 nitrogen and oxygen atoms in total. The first-order chi connectivity index (χ1) is 17.1. The van der Waals surface area contributed by atoms with E-state index in [0.717, 1.165) is 23.2 Å². The minimum atomic E-state index is -4.49. The zero-order valence-corrected chi connectivity index (χ0v) is 19.8. The van der Waals surface area contributed by atoms with Gasteiger partial charge in [0.05, 0.1) is 35.5 Å². The number of halogens is 3. The largest absolute Gasteiger partial charge is 0.465 e. The summed E-state index contributed by atoms with van der Waals surface area (Å²) in [6.07, 6.45) is -4.49. The molecule has 0 aliphatic heterocycles. The van der Waals surface area contributed by atoms with E-state index in [1.807, 2.05) is 12.1 Å². The summed E-state index contributed by atoms with van der Waals surface area (Å²) in [5.74, 6) is -0.869. The number of nitrogens with zero attached hydrogens (tertiary/aromatic N) is 1. The molecule has 1 amide bonds.